The number of para-hydroxylation sites is 2. The molecular formula is C29H28N2O2. The number of hydrogen-bond donors (Lipinski definition) is 0. The van der Waals surface area contributed by atoms with Crippen LogP contribution in [0.5, 0.6) is 5.75 Å². The molecule has 4 aromatic rings. The van der Waals surface area contributed by atoms with Gasteiger partial charge in [0.1, 0.15) is 12.4 Å². The molecule has 0 aliphatic carbocycles. The highest BCUT2D eigenvalue weighted by Gasteiger charge is 2.31. The number of benzene rings is 3. The normalized spacial score (nSPS) is 14.3. The van der Waals surface area contributed by atoms with Crippen molar-refractivity contribution >= 4 is 34.1 Å². The molecule has 0 saturated carbocycles. The quantitative estimate of drug-likeness (QED) is 0.335. The third kappa shape index (κ3) is 3.82. The van der Waals surface area contributed by atoms with Gasteiger partial charge >= 0.3 is 0 Å². The van der Waals surface area contributed by atoms with Gasteiger partial charge in [0, 0.05) is 40.3 Å². The van der Waals surface area contributed by atoms with Crippen LogP contribution in [0, 0.1) is 13.8 Å². The van der Waals surface area contributed by atoms with E-state index >= 15 is 0 Å². The Morgan fingerprint density at radius 2 is 1.76 bits per heavy atom. The van der Waals surface area contributed by atoms with Crippen molar-refractivity contribution in [2.45, 2.75) is 27.3 Å². The third-order valence-electron chi connectivity index (χ3n) is 6.33. The van der Waals surface area contributed by atoms with Gasteiger partial charge < -0.3 is 14.2 Å². The van der Waals surface area contributed by atoms with Crippen molar-refractivity contribution in [2.75, 3.05) is 18.1 Å². The molecule has 0 saturated heterocycles. The first-order valence-electron chi connectivity index (χ1n) is 11.5. The van der Waals surface area contributed by atoms with E-state index in [-0.39, 0.29) is 5.91 Å². The Balaban J connectivity index is 1.47. The number of rotatable bonds is 6. The summed E-state index contributed by atoms with van der Waals surface area (Å²) in [6.07, 6.45) is 4.18. The Hall–Kier alpha value is -3.79. The summed E-state index contributed by atoms with van der Waals surface area (Å²) in [5.74, 6) is 0.996. The van der Waals surface area contributed by atoms with E-state index in [1.165, 1.54) is 5.56 Å². The zero-order valence-electron chi connectivity index (χ0n) is 19.3. The number of carbonyl (C=O) groups excluding carboxylic acids is 1. The number of nitrogens with zero attached hydrogens (tertiary/aromatic N) is 2. The lowest BCUT2D eigenvalue weighted by Gasteiger charge is -2.13. The minimum Gasteiger partial charge on any atom is -0.491 e. The first kappa shape index (κ1) is 21.1. The van der Waals surface area contributed by atoms with Crippen LogP contribution in [0.4, 0.5) is 5.69 Å². The number of amides is 1. The number of likely N-dealkylation sites (N-methyl/N-ethyl adjacent to an activating group) is 1. The molecule has 0 unspecified atom stereocenters. The molecular weight excluding hydrogens is 408 g/mol. The Morgan fingerprint density at radius 3 is 2.61 bits per heavy atom. The average Bonchev–Trinajstić information content (AvgIpc) is 3.31. The fraction of sp³-hybridized carbons (Fsp3) is 0.207. The second-order valence-electron chi connectivity index (χ2n) is 8.54. The van der Waals surface area contributed by atoms with Crippen LogP contribution in [0.2, 0.25) is 0 Å². The molecule has 0 N–H and O–H groups in total. The smallest absolute Gasteiger partial charge is 0.258 e. The molecule has 1 aromatic heterocycles. The van der Waals surface area contributed by atoms with Crippen LogP contribution in [0.25, 0.3) is 22.6 Å². The van der Waals surface area contributed by atoms with E-state index in [0.717, 1.165) is 51.1 Å². The van der Waals surface area contributed by atoms with Crippen LogP contribution in [-0.2, 0) is 11.3 Å². The molecule has 1 aliphatic rings. The largest absolute Gasteiger partial charge is 0.491 e. The van der Waals surface area contributed by atoms with Crippen LogP contribution in [0.3, 0.4) is 0 Å². The van der Waals surface area contributed by atoms with Gasteiger partial charge in [-0.3, -0.25) is 4.79 Å². The summed E-state index contributed by atoms with van der Waals surface area (Å²) in [5.41, 5.74) is 7.26. The Bertz CT molecular complexity index is 1380. The summed E-state index contributed by atoms with van der Waals surface area (Å²) < 4.78 is 8.33. The van der Waals surface area contributed by atoms with Crippen molar-refractivity contribution in [2.24, 2.45) is 0 Å². The lowest BCUT2D eigenvalue weighted by molar-refractivity contribution is -0.112. The number of aryl methyl sites for hydroxylation is 2. The van der Waals surface area contributed by atoms with Crippen LogP contribution in [0.1, 0.15) is 29.2 Å². The second kappa shape index (κ2) is 8.62. The standard InChI is InChI=1S/C29H28N2O2/c1-4-31-27-12-8-6-10-24(27)25(29(31)32)18-22-19-30(26-11-7-5-9-23(22)26)15-16-33-28-17-20(2)13-14-21(28)3/h5-14,17-19H,4,15-16H2,1-3H3/b25-18+. The third-order valence-corrected chi connectivity index (χ3v) is 6.33. The molecule has 0 fully saturated rings. The fourth-order valence-electron chi connectivity index (χ4n) is 4.61. The topological polar surface area (TPSA) is 34.5 Å². The Kier molecular flexibility index (Phi) is 5.51. The molecule has 3 aromatic carbocycles. The molecule has 4 nitrogen and oxygen atoms in total. The van der Waals surface area contributed by atoms with E-state index < -0.39 is 0 Å². The van der Waals surface area contributed by atoms with E-state index in [1.54, 1.807) is 0 Å². The van der Waals surface area contributed by atoms with Gasteiger partial charge in [-0.25, -0.2) is 0 Å². The summed E-state index contributed by atoms with van der Waals surface area (Å²) >= 11 is 0. The molecule has 4 heteroatoms. The van der Waals surface area contributed by atoms with Gasteiger partial charge in [0.15, 0.2) is 0 Å². The number of ether oxygens (including phenoxy) is 1. The predicted molar refractivity (Wildman–Crippen MR) is 136 cm³/mol. The lowest BCUT2D eigenvalue weighted by Crippen LogP contribution is -2.25. The first-order valence-corrected chi connectivity index (χ1v) is 11.5. The van der Waals surface area contributed by atoms with E-state index in [0.29, 0.717) is 13.2 Å². The minimum absolute atomic E-state index is 0.0637. The van der Waals surface area contributed by atoms with Crippen LogP contribution < -0.4 is 9.64 Å². The number of hydrogen-bond acceptors (Lipinski definition) is 2. The van der Waals surface area contributed by atoms with Crippen LogP contribution >= 0.6 is 0 Å². The summed E-state index contributed by atoms with van der Waals surface area (Å²) in [4.78, 5) is 15.0. The number of fused-ring (bicyclic) bond motifs is 2. The Labute approximate surface area is 194 Å². The van der Waals surface area contributed by atoms with Crippen molar-refractivity contribution in [3.8, 4) is 5.75 Å². The summed E-state index contributed by atoms with van der Waals surface area (Å²) in [7, 11) is 0. The number of anilines is 1. The molecule has 166 valence electrons. The molecule has 5 rings (SSSR count). The number of aromatic nitrogens is 1. The fourth-order valence-corrected chi connectivity index (χ4v) is 4.61. The molecule has 33 heavy (non-hydrogen) atoms. The molecule has 2 heterocycles. The van der Waals surface area contributed by atoms with Gasteiger partial charge in [0.2, 0.25) is 0 Å². The van der Waals surface area contributed by atoms with Gasteiger partial charge in [0.25, 0.3) is 5.91 Å². The maximum absolute atomic E-state index is 13.2. The van der Waals surface area contributed by atoms with Crippen molar-refractivity contribution in [1.29, 1.82) is 0 Å². The van der Waals surface area contributed by atoms with E-state index in [4.69, 9.17) is 4.74 Å². The molecule has 0 atom stereocenters. The zero-order valence-corrected chi connectivity index (χ0v) is 19.3. The van der Waals surface area contributed by atoms with Crippen molar-refractivity contribution < 1.29 is 9.53 Å². The van der Waals surface area contributed by atoms with Gasteiger partial charge in [-0.05, 0) is 56.2 Å². The van der Waals surface area contributed by atoms with Crippen LogP contribution in [0.15, 0.2) is 72.9 Å². The molecule has 0 spiro atoms. The summed E-state index contributed by atoms with van der Waals surface area (Å²) in [6, 6.07) is 22.6. The van der Waals surface area contributed by atoms with Crippen LogP contribution in [-0.4, -0.2) is 23.6 Å². The molecule has 1 aliphatic heterocycles. The van der Waals surface area contributed by atoms with Gasteiger partial charge in [-0.2, -0.15) is 0 Å². The highest BCUT2D eigenvalue weighted by atomic mass is 16.5. The van der Waals surface area contributed by atoms with E-state index in [1.807, 2.05) is 48.2 Å². The van der Waals surface area contributed by atoms with Gasteiger partial charge in [0.05, 0.1) is 12.2 Å². The maximum atomic E-state index is 13.2. The minimum atomic E-state index is 0.0637. The van der Waals surface area contributed by atoms with E-state index in [9.17, 15) is 4.79 Å². The van der Waals surface area contributed by atoms with Crippen molar-refractivity contribution in [1.82, 2.24) is 4.57 Å². The van der Waals surface area contributed by atoms with Gasteiger partial charge in [-0.1, -0.05) is 48.5 Å². The highest BCUT2D eigenvalue weighted by Crippen LogP contribution is 2.38. The second-order valence-corrected chi connectivity index (χ2v) is 8.54. The Morgan fingerprint density at radius 1 is 0.970 bits per heavy atom. The summed E-state index contributed by atoms with van der Waals surface area (Å²) in [6.45, 7) is 8.12. The summed E-state index contributed by atoms with van der Waals surface area (Å²) in [5, 5.41) is 1.14. The maximum Gasteiger partial charge on any atom is 0.258 e. The lowest BCUT2D eigenvalue weighted by atomic mass is 10.0. The number of carbonyl (C=O) groups is 1. The average molecular weight is 437 g/mol. The first-order chi connectivity index (χ1) is 16.1. The zero-order chi connectivity index (χ0) is 22.9. The predicted octanol–water partition coefficient (Wildman–Crippen LogP) is 6.24. The highest BCUT2D eigenvalue weighted by molar-refractivity contribution is 6.36. The van der Waals surface area contributed by atoms with Crippen molar-refractivity contribution in [3.05, 3.63) is 95.2 Å². The van der Waals surface area contributed by atoms with Gasteiger partial charge in [-0.15, -0.1) is 0 Å². The monoisotopic (exact) mass is 436 g/mol. The van der Waals surface area contributed by atoms with Crippen molar-refractivity contribution in [3.63, 3.8) is 0 Å². The molecule has 1 amide bonds. The molecule has 0 bridgehead atoms. The SMILES string of the molecule is CCN1C(=O)/C(=C/c2cn(CCOc3cc(C)ccc3C)c3ccccc23)c2ccccc21. The molecule has 0 radical (unpaired) electrons. The van der Waals surface area contributed by atoms with E-state index in [2.05, 4.69) is 61.0 Å².